The average molecular weight is 426 g/mol. The maximum atomic E-state index is 5.47. The number of nitrogens with zero attached hydrogens (tertiary/aromatic N) is 1. The largest absolute Gasteiger partial charge is 0.309 e. The van der Waals surface area contributed by atoms with Gasteiger partial charge in [0.2, 0.25) is 0 Å². The minimum absolute atomic E-state index is 0.365. The maximum absolute atomic E-state index is 5.47. The molecule has 4 aromatic rings. The Hall–Kier alpha value is -2.54. The molecule has 1 aliphatic heterocycles. The van der Waals surface area contributed by atoms with Crippen molar-refractivity contribution in [3.63, 3.8) is 0 Å². The lowest BCUT2D eigenvalue weighted by atomic mass is 10.1. The number of aromatic nitrogens is 1. The molecule has 1 atom stereocenters. The van der Waals surface area contributed by atoms with E-state index in [2.05, 4.69) is 90.2 Å². The van der Waals surface area contributed by atoms with E-state index in [0.29, 0.717) is 4.58 Å². The number of hydrogen-bond acceptors (Lipinski definition) is 2. The fourth-order valence-corrected chi connectivity index (χ4v) is 6.99. The molecule has 1 aliphatic rings. The maximum Gasteiger partial charge on any atom is 0.0825 e. The van der Waals surface area contributed by atoms with E-state index < -0.39 is 0 Å². The Morgan fingerprint density at radius 3 is 2.60 bits per heavy atom. The lowest BCUT2D eigenvalue weighted by Gasteiger charge is -2.26. The average Bonchev–Trinajstić information content (AvgIpc) is 3.13. The minimum atomic E-state index is 0.365. The summed E-state index contributed by atoms with van der Waals surface area (Å²) in [5, 5.41) is 1.35. The molecular formula is C27H23NS2. The van der Waals surface area contributed by atoms with Gasteiger partial charge in [-0.15, -0.1) is 35.9 Å². The molecule has 148 valence electrons. The number of unbranched alkanes of at least 4 members (excludes halogenated alkanes) is 1. The fourth-order valence-electron chi connectivity index (χ4n) is 4.15. The van der Waals surface area contributed by atoms with Crippen molar-refractivity contribution in [3.8, 4) is 29.3 Å². The summed E-state index contributed by atoms with van der Waals surface area (Å²) < 4.78 is 2.82. The summed E-state index contributed by atoms with van der Waals surface area (Å²) in [5.74, 6) is 3.85. The molecule has 1 unspecified atom stereocenters. The van der Waals surface area contributed by atoms with Crippen molar-refractivity contribution in [1.29, 1.82) is 0 Å². The van der Waals surface area contributed by atoms with Crippen LogP contribution in [0.15, 0.2) is 77.7 Å². The van der Waals surface area contributed by atoms with Crippen molar-refractivity contribution in [3.05, 3.63) is 83.9 Å². The lowest BCUT2D eigenvalue weighted by molar-refractivity contribution is 0.996. The third-order valence-electron chi connectivity index (χ3n) is 5.55. The van der Waals surface area contributed by atoms with Crippen LogP contribution in [-0.4, -0.2) is 10.3 Å². The molecule has 0 saturated carbocycles. The van der Waals surface area contributed by atoms with Crippen LogP contribution in [0, 0.1) is 19.3 Å². The number of terminal acetylenes is 1. The van der Waals surface area contributed by atoms with Gasteiger partial charge in [-0.25, -0.2) is 0 Å². The zero-order valence-electron chi connectivity index (χ0n) is 17.0. The first-order chi connectivity index (χ1) is 14.8. The zero-order valence-corrected chi connectivity index (χ0v) is 18.6. The molecule has 0 N–H and O–H groups in total. The van der Waals surface area contributed by atoms with E-state index in [4.69, 9.17) is 6.42 Å². The Morgan fingerprint density at radius 1 is 1.00 bits per heavy atom. The highest BCUT2D eigenvalue weighted by molar-refractivity contribution is 8.16. The molecule has 0 radical (unpaired) electrons. The van der Waals surface area contributed by atoms with Gasteiger partial charge in [0.15, 0.2) is 0 Å². The van der Waals surface area contributed by atoms with Gasteiger partial charge in [-0.3, -0.25) is 0 Å². The van der Waals surface area contributed by atoms with Crippen LogP contribution in [0.2, 0.25) is 0 Å². The van der Waals surface area contributed by atoms with E-state index in [-0.39, 0.29) is 0 Å². The van der Waals surface area contributed by atoms with E-state index in [1.807, 2.05) is 23.5 Å². The molecular weight excluding hydrogens is 402 g/mol. The van der Waals surface area contributed by atoms with Crippen molar-refractivity contribution in [1.82, 2.24) is 4.57 Å². The van der Waals surface area contributed by atoms with Gasteiger partial charge in [0, 0.05) is 33.5 Å². The summed E-state index contributed by atoms with van der Waals surface area (Å²) >= 11 is 4.00. The van der Waals surface area contributed by atoms with Gasteiger partial charge in [0.25, 0.3) is 0 Å². The standard InChI is InChI=1S/C27H23NS2/c1-3-4-9-18-29-27-25-21-10-5-7-12-23(21)28(20-16-14-19(2)15-17-20)26(25)22-11-6-8-13-24(22)30-27/h1,5-8,10-17,27H,4,9,18H2,2H3. The molecule has 0 bridgehead atoms. The molecule has 30 heavy (non-hydrogen) atoms. The minimum Gasteiger partial charge on any atom is -0.309 e. The Labute approximate surface area is 186 Å². The number of rotatable bonds is 5. The fraction of sp³-hybridized carbons (Fsp3) is 0.185. The molecule has 0 amide bonds. The predicted octanol–water partition coefficient (Wildman–Crippen LogP) is 7.86. The van der Waals surface area contributed by atoms with Crippen LogP contribution in [0.5, 0.6) is 0 Å². The van der Waals surface area contributed by atoms with Crippen molar-refractivity contribution >= 4 is 34.4 Å². The SMILES string of the molecule is C#CCCCSC1Sc2ccccc2-c2c1c1ccccc1n2-c1ccc(C)cc1. The number of thioether (sulfide) groups is 2. The van der Waals surface area contributed by atoms with E-state index in [1.165, 1.54) is 43.9 Å². The molecule has 0 spiro atoms. The molecule has 0 aliphatic carbocycles. The highest BCUT2D eigenvalue weighted by Crippen LogP contribution is 2.57. The van der Waals surface area contributed by atoms with Gasteiger partial charge in [0.1, 0.15) is 0 Å². The number of para-hydroxylation sites is 1. The van der Waals surface area contributed by atoms with Gasteiger partial charge >= 0.3 is 0 Å². The van der Waals surface area contributed by atoms with Crippen molar-refractivity contribution in [2.45, 2.75) is 29.2 Å². The second kappa shape index (κ2) is 8.30. The van der Waals surface area contributed by atoms with E-state index in [9.17, 15) is 0 Å². The number of hydrogen-bond donors (Lipinski definition) is 0. The van der Waals surface area contributed by atoms with Crippen LogP contribution in [0.4, 0.5) is 0 Å². The summed E-state index contributed by atoms with van der Waals surface area (Å²) in [6.07, 6.45) is 7.38. The van der Waals surface area contributed by atoms with Crippen LogP contribution in [-0.2, 0) is 0 Å². The first-order valence-electron chi connectivity index (χ1n) is 10.3. The highest BCUT2D eigenvalue weighted by Gasteiger charge is 2.32. The summed E-state index contributed by atoms with van der Waals surface area (Å²) in [6, 6.07) is 26.5. The van der Waals surface area contributed by atoms with E-state index in [0.717, 1.165) is 18.6 Å². The van der Waals surface area contributed by atoms with Gasteiger partial charge in [-0.05, 0) is 43.4 Å². The van der Waals surface area contributed by atoms with E-state index >= 15 is 0 Å². The lowest BCUT2D eigenvalue weighted by Crippen LogP contribution is -2.04. The van der Waals surface area contributed by atoms with Crippen LogP contribution in [0.3, 0.4) is 0 Å². The van der Waals surface area contributed by atoms with Gasteiger partial charge in [0.05, 0.1) is 15.8 Å². The number of fused-ring (bicyclic) bond motifs is 5. The Kier molecular flexibility index (Phi) is 5.37. The van der Waals surface area contributed by atoms with E-state index in [1.54, 1.807) is 0 Å². The van der Waals surface area contributed by atoms with Crippen LogP contribution < -0.4 is 0 Å². The Bertz CT molecular complexity index is 1240. The summed E-state index contributed by atoms with van der Waals surface area (Å²) in [4.78, 5) is 1.36. The van der Waals surface area contributed by atoms with Crippen molar-refractivity contribution in [2.24, 2.45) is 0 Å². The van der Waals surface area contributed by atoms with Crippen LogP contribution >= 0.6 is 23.5 Å². The van der Waals surface area contributed by atoms with Crippen molar-refractivity contribution in [2.75, 3.05) is 5.75 Å². The third kappa shape index (κ3) is 3.35. The highest BCUT2D eigenvalue weighted by atomic mass is 32.2. The van der Waals surface area contributed by atoms with Crippen LogP contribution in [0.1, 0.15) is 28.6 Å². The van der Waals surface area contributed by atoms with Gasteiger partial charge in [-0.2, -0.15) is 0 Å². The molecule has 0 saturated heterocycles. The molecule has 2 heterocycles. The number of benzene rings is 3. The third-order valence-corrected chi connectivity index (χ3v) is 8.37. The predicted molar refractivity (Wildman–Crippen MR) is 133 cm³/mol. The number of aryl methyl sites for hydroxylation is 1. The summed E-state index contributed by atoms with van der Waals surface area (Å²) in [7, 11) is 0. The monoisotopic (exact) mass is 425 g/mol. The second-order valence-corrected chi connectivity index (χ2v) is 10.2. The Balaban J connectivity index is 1.75. The topological polar surface area (TPSA) is 4.93 Å². The molecule has 5 rings (SSSR count). The normalized spacial score (nSPS) is 14.9. The van der Waals surface area contributed by atoms with Gasteiger partial charge < -0.3 is 4.57 Å². The molecule has 3 aromatic carbocycles. The molecule has 0 fully saturated rings. The van der Waals surface area contributed by atoms with Gasteiger partial charge in [-0.1, -0.05) is 54.1 Å². The molecule has 3 heteroatoms. The Morgan fingerprint density at radius 2 is 1.77 bits per heavy atom. The first-order valence-corrected chi connectivity index (χ1v) is 12.2. The van der Waals surface area contributed by atoms with Crippen LogP contribution in [0.25, 0.3) is 27.8 Å². The summed E-state index contributed by atoms with van der Waals surface area (Å²) in [5.41, 5.74) is 7.88. The molecule has 1 aromatic heterocycles. The summed E-state index contributed by atoms with van der Waals surface area (Å²) in [6.45, 7) is 2.14. The second-order valence-electron chi connectivity index (χ2n) is 7.57. The quantitative estimate of drug-likeness (QED) is 0.237. The van der Waals surface area contributed by atoms with Crippen molar-refractivity contribution < 1.29 is 0 Å². The molecule has 1 nitrogen and oxygen atoms in total. The first kappa shape index (κ1) is 19.4. The smallest absolute Gasteiger partial charge is 0.0825 e. The zero-order chi connectivity index (χ0) is 20.5.